The zero-order valence-corrected chi connectivity index (χ0v) is 10.3. The standard InChI is InChI=1S/C14H17NO3/c1-12(15,4-16)14-3-5-7-9-8(10(7)14)6(14)2-13(5,9)11(17)18/h4-10H,2-3,15H2,1H3,(H,17,18). The molecule has 3 N–H and O–H groups in total. The third-order valence-corrected chi connectivity index (χ3v) is 7.86. The van der Waals surface area contributed by atoms with Crippen LogP contribution in [0.2, 0.25) is 0 Å². The SMILES string of the molecule is CC(N)(C=O)C12CC3C4C5C(C1CC35C(=O)O)C42. The summed E-state index contributed by atoms with van der Waals surface area (Å²) in [5, 5.41) is 9.61. The number of carbonyl (C=O) groups excluding carboxylic acids is 1. The van der Waals surface area contributed by atoms with E-state index in [2.05, 4.69) is 0 Å². The van der Waals surface area contributed by atoms with Crippen LogP contribution in [0.3, 0.4) is 0 Å². The number of carboxylic acid groups (broad SMARTS) is 1. The summed E-state index contributed by atoms with van der Waals surface area (Å²) < 4.78 is 0. The zero-order valence-electron chi connectivity index (χ0n) is 10.3. The fourth-order valence-electron chi connectivity index (χ4n) is 7.55. The van der Waals surface area contributed by atoms with Crippen LogP contribution in [0.15, 0.2) is 0 Å². The third kappa shape index (κ3) is 0.532. The van der Waals surface area contributed by atoms with Crippen molar-refractivity contribution in [2.75, 3.05) is 0 Å². The number of carbonyl (C=O) groups is 2. The van der Waals surface area contributed by atoms with Crippen LogP contribution >= 0.6 is 0 Å². The number of carboxylic acids is 1. The minimum absolute atomic E-state index is 0.0549. The van der Waals surface area contributed by atoms with Crippen LogP contribution in [0.1, 0.15) is 19.8 Å². The van der Waals surface area contributed by atoms with Crippen molar-refractivity contribution in [1.82, 2.24) is 0 Å². The molecular weight excluding hydrogens is 230 g/mol. The van der Waals surface area contributed by atoms with Crippen LogP contribution in [0.4, 0.5) is 0 Å². The molecule has 5 fully saturated rings. The predicted molar refractivity (Wildman–Crippen MR) is 61.3 cm³/mol. The van der Waals surface area contributed by atoms with Gasteiger partial charge in [-0.1, -0.05) is 0 Å². The Kier molecular flexibility index (Phi) is 1.20. The lowest BCUT2D eigenvalue weighted by Crippen LogP contribution is -2.75. The van der Waals surface area contributed by atoms with E-state index in [1.165, 1.54) is 0 Å². The Bertz CT molecular complexity index is 523. The van der Waals surface area contributed by atoms with Crippen molar-refractivity contribution in [2.24, 2.45) is 52.1 Å². The summed E-state index contributed by atoms with van der Waals surface area (Å²) in [6, 6.07) is 0. The lowest BCUT2D eigenvalue weighted by atomic mass is 9.31. The molecule has 4 heteroatoms. The van der Waals surface area contributed by atoms with Crippen molar-refractivity contribution in [3.05, 3.63) is 0 Å². The first-order chi connectivity index (χ1) is 8.43. The average Bonchev–Trinajstić information content (AvgIpc) is 2.55. The topological polar surface area (TPSA) is 80.4 Å². The monoisotopic (exact) mass is 247 g/mol. The van der Waals surface area contributed by atoms with Gasteiger partial charge < -0.3 is 15.6 Å². The van der Waals surface area contributed by atoms with Gasteiger partial charge in [0.1, 0.15) is 6.29 Å². The largest absolute Gasteiger partial charge is 0.481 e. The van der Waals surface area contributed by atoms with Crippen molar-refractivity contribution < 1.29 is 14.7 Å². The van der Waals surface area contributed by atoms with E-state index in [-0.39, 0.29) is 5.41 Å². The second-order valence-corrected chi connectivity index (χ2v) is 7.61. The van der Waals surface area contributed by atoms with Crippen molar-refractivity contribution in [3.63, 3.8) is 0 Å². The van der Waals surface area contributed by atoms with Gasteiger partial charge in [-0.3, -0.25) is 4.79 Å². The summed E-state index contributed by atoms with van der Waals surface area (Å²) in [7, 11) is 0. The Morgan fingerprint density at radius 2 is 2.00 bits per heavy atom. The molecule has 5 aliphatic rings. The molecule has 0 saturated heterocycles. The van der Waals surface area contributed by atoms with Gasteiger partial charge in [0.25, 0.3) is 0 Å². The maximum atomic E-state index is 11.7. The average molecular weight is 247 g/mol. The fourth-order valence-corrected chi connectivity index (χ4v) is 7.55. The van der Waals surface area contributed by atoms with Gasteiger partial charge in [-0.2, -0.15) is 0 Å². The Labute approximate surface area is 105 Å². The van der Waals surface area contributed by atoms with Crippen LogP contribution in [0.5, 0.6) is 0 Å². The Hall–Kier alpha value is -0.900. The predicted octanol–water partition coefficient (Wildman–Crippen LogP) is 0.505. The van der Waals surface area contributed by atoms with Gasteiger partial charge in [-0.25, -0.2) is 0 Å². The van der Waals surface area contributed by atoms with E-state index in [0.717, 1.165) is 19.1 Å². The smallest absolute Gasteiger partial charge is 0.310 e. The van der Waals surface area contributed by atoms with Gasteiger partial charge in [-0.15, -0.1) is 0 Å². The molecule has 0 aliphatic heterocycles. The quantitative estimate of drug-likeness (QED) is 0.712. The van der Waals surface area contributed by atoms with Gasteiger partial charge >= 0.3 is 5.97 Å². The molecular formula is C14H17NO3. The molecule has 0 aromatic rings. The molecule has 0 aromatic heterocycles. The molecule has 0 amide bonds. The Morgan fingerprint density at radius 1 is 1.33 bits per heavy atom. The minimum atomic E-state index is -0.758. The number of aldehydes is 1. The lowest BCUT2D eigenvalue weighted by molar-refractivity contribution is -0.260. The zero-order chi connectivity index (χ0) is 12.7. The molecule has 5 saturated carbocycles. The molecule has 0 spiro atoms. The van der Waals surface area contributed by atoms with Crippen LogP contribution in [0, 0.1) is 46.3 Å². The highest BCUT2D eigenvalue weighted by atomic mass is 16.4. The molecule has 0 bridgehead atoms. The number of hydrogen-bond acceptors (Lipinski definition) is 3. The van der Waals surface area contributed by atoms with Crippen LogP contribution < -0.4 is 5.73 Å². The molecule has 0 aromatic carbocycles. The number of fused-ring (bicyclic) bond motifs is 2. The second kappa shape index (κ2) is 2.17. The van der Waals surface area contributed by atoms with Crippen molar-refractivity contribution in [2.45, 2.75) is 25.3 Å². The maximum absolute atomic E-state index is 11.7. The Balaban J connectivity index is 1.67. The van der Waals surface area contributed by atoms with Crippen LogP contribution in [-0.2, 0) is 9.59 Å². The molecule has 9 unspecified atom stereocenters. The molecule has 4 nitrogen and oxygen atoms in total. The summed E-state index contributed by atoms with van der Waals surface area (Å²) in [6.45, 7) is 1.86. The molecule has 5 rings (SSSR count). The van der Waals surface area contributed by atoms with E-state index in [4.69, 9.17) is 5.73 Å². The van der Waals surface area contributed by atoms with E-state index in [1.54, 1.807) is 0 Å². The molecule has 0 heterocycles. The summed E-state index contributed by atoms with van der Waals surface area (Å²) >= 11 is 0. The molecule has 0 radical (unpaired) electrons. The van der Waals surface area contributed by atoms with Gasteiger partial charge in [0, 0.05) is 5.41 Å². The maximum Gasteiger partial charge on any atom is 0.310 e. The fraction of sp³-hybridized carbons (Fsp3) is 0.857. The first kappa shape index (κ1) is 9.96. The van der Waals surface area contributed by atoms with Gasteiger partial charge in [-0.05, 0) is 55.3 Å². The van der Waals surface area contributed by atoms with Crippen molar-refractivity contribution >= 4 is 12.3 Å². The third-order valence-electron chi connectivity index (χ3n) is 7.86. The summed E-state index contributed by atoms with van der Waals surface area (Å²) in [5.74, 6) is 2.27. The van der Waals surface area contributed by atoms with E-state index in [1.807, 2.05) is 6.92 Å². The van der Waals surface area contributed by atoms with E-state index >= 15 is 0 Å². The normalized spacial score (nSPS) is 67.4. The van der Waals surface area contributed by atoms with E-state index < -0.39 is 16.9 Å². The van der Waals surface area contributed by atoms with E-state index in [0.29, 0.717) is 35.5 Å². The minimum Gasteiger partial charge on any atom is -0.481 e. The summed E-state index contributed by atoms with van der Waals surface area (Å²) in [5.41, 5.74) is 5.05. The number of aliphatic carboxylic acids is 1. The summed E-state index contributed by atoms with van der Waals surface area (Å²) in [4.78, 5) is 23.0. The number of hydrogen-bond donors (Lipinski definition) is 2. The van der Waals surface area contributed by atoms with Crippen molar-refractivity contribution in [3.8, 4) is 0 Å². The molecule has 9 atom stereocenters. The van der Waals surface area contributed by atoms with Crippen molar-refractivity contribution in [1.29, 1.82) is 0 Å². The van der Waals surface area contributed by atoms with E-state index in [9.17, 15) is 14.7 Å². The highest BCUT2D eigenvalue weighted by Gasteiger charge is 2.97. The number of nitrogens with two attached hydrogens (primary N) is 1. The van der Waals surface area contributed by atoms with Gasteiger partial charge in [0.05, 0.1) is 11.0 Å². The Morgan fingerprint density at radius 3 is 2.61 bits per heavy atom. The number of rotatable bonds is 3. The van der Waals surface area contributed by atoms with Gasteiger partial charge in [0.15, 0.2) is 0 Å². The highest BCUT2D eigenvalue weighted by Crippen LogP contribution is 2.97. The first-order valence-corrected chi connectivity index (χ1v) is 6.92. The molecule has 18 heavy (non-hydrogen) atoms. The van der Waals surface area contributed by atoms with Gasteiger partial charge in [0.2, 0.25) is 0 Å². The first-order valence-electron chi connectivity index (χ1n) is 6.92. The summed E-state index contributed by atoms with van der Waals surface area (Å²) in [6.07, 6.45) is 2.59. The highest BCUT2D eigenvalue weighted by molar-refractivity contribution is 5.81. The van der Waals surface area contributed by atoms with Crippen LogP contribution in [0.25, 0.3) is 0 Å². The lowest BCUT2D eigenvalue weighted by Gasteiger charge is -2.72. The molecule has 96 valence electrons. The van der Waals surface area contributed by atoms with Crippen LogP contribution in [-0.4, -0.2) is 22.9 Å². The second-order valence-electron chi connectivity index (χ2n) is 7.61. The molecule has 5 aliphatic carbocycles.